The van der Waals surface area contributed by atoms with Crippen LogP contribution in [0.15, 0.2) is 73.1 Å². The molecule has 0 aliphatic carbocycles. The lowest BCUT2D eigenvalue weighted by Gasteiger charge is -2.19. The Labute approximate surface area is 193 Å². The lowest BCUT2D eigenvalue weighted by molar-refractivity contribution is 0.0945. The van der Waals surface area contributed by atoms with Gasteiger partial charge in [0.25, 0.3) is 5.91 Å². The number of imidazole rings is 1. The number of para-hydroxylation sites is 1. The number of aromatic nitrogens is 3. The smallest absolute Gasteiger partial charge is 0.262 e. The molecule has 1 amide bonds. The molecule has 0 spiro atoms. The second-order valence-corrected chi connectivity index (χ2v) is 9.34. The summed E-state index contributed by atoms with van der Waals surface area (Å²) in [6.45, 7) is 0. The highest BCUT2D eigenvalue weighted by Gasteiger charge is 2.23. The topological polar surface area (TPSA) is 69.0 Å². The van der Waals surface area contributed by atoms with E-state index >= 15 is 0 Å². The van der Waals surface area contributed by atoms with E-state index in [0.717, 1.165) is 37.2 Å². The number of thiazole rings is 1. The van der Waals surface area contributed by atoms with Gasteiger partial charge in [-0.2, -0.15) is 0 Å². The Morgan fingerprint density at radius 2 is 1.97 bits per heavy atom. The van der Waals surface area contributed by atoms with Crippen LogP contribution in [0, 0.1) is 0 Å². The number of hydrogen-bond donors (Lipinski definition) is 1. The zero-order chi connectivity index (χ0) is 22.1. The standard InChI is InChI=1S/C24H20N4O2S2/c1-28-13-12-25-22(28)21(15-6-5-7-16(14-15)30-2)27-23(29)19-10-11-20(31-19)24-26-17-8-3-4-9-18(17)32-24/h3-14,21H,1-2H3,(H,27,29). The van der Waals surface area contributed by atoms with Crippen molar-refractivity contribution < 1.29 is 9.53 Å². The van der Waals surface area contributed by atoms with Crippen LogP contribution in [0.1, 0.15) is 27.1 Å². The Morgan fingerprint density at radius 3 is 2.75 bits per heavy atom. The molecule has 2 aromatic carbocycles. The molecule has 3 heterocycles. The van der Waals surface area contributed by atoms with Gasteiger partial charge in [0.2, 0.25) is 0 Å². The third-order valence-corrected chi connectivity index (χ3v) is 7.44. The molecular weight excluding hydrogens is 440 g/mol. The van der Waals surface area contributed by atoms with E-state index in [0.29, 0.717) is 4.88 Å². The maximum absolute atomic E-state index is 13.2. The predicted octanol–water partition coefficient (Wildman–Crippen LogP) is 5.29. The number of nitrogens with one attached hydrogen (secondary N) is 1. The summed E-state index contributed by atoms with van der Waals surface area (Å²) < 4.78 is 8.42. The number of aryl methyl sites for hydroxylation is 1. The molecule has 0 saturated heterocycles. The van der Waals surface area contributed by atoms with Crippen LogP contribution in [0.5, 0.6) is 5.75 Å². The van der Waals surface area contributed by atoms with Gasteiger partial charge in [0.15, 0.2) is 0 Å². The van der Waals surface area contributed by atoms with Crippen molar-refractivity contribution in [2.75, 3.05) is 7.11 Å². The zero-order valence-corrected chi connectivity index (χ0v) is 19.1. The molecule has 5 aromatic rings. The number of ether oxygens (including phenoxy) is 1. The van der Waals surface area contributed by atoms with E-state index in [2.05, 4.69) is 16.4 Å². The lowest BCUT2D eigenvalue weighted by Crippen LogP contribution is -2.30. The summed E-state index contributed by atoms with van der Waals surface area (Å²) in [5.41, 5.74) is 1.87. The van der Waals surface area contributed by atoms with Crippen LogP contribution in [0.2, 0.25) is 0 Å². The first kappa shape index (κ1) is 20.4. The van der Waals surface area contributed by atoms with Crippen LogP contribution < -0.4 is 10.1 Å². The van der Waals surface area contributed by atoms with E-state index < -0.39 is 6.04 Å². The average molecular weight is 461 g/mol. The van der Waals surface area contributed by atoms with Gasteiger partial charge in [0.05, 0.1) is 27.1 Å². The summed E-state index contributed by atoms with van der Waals surface area (Å²) in [6, 6.07) is 19.1. The van der Waals surface area contributed by atoms with Gasteiger partial charge in [-0.15, -0.1) is 22.7 Å². The fraction of sp³-hybridized carbons (Fsp3) is 0.125. The van der Waals surface area contributed by atoms with Crippen molar-refractivity contribution >= 4 is 38.8 Å². The first-order chi connectivity index (χ1) is 15.6. The van der Waals surface area contributed by atoms with Crippen molar-refractivity contribution in [1.29, 1.82) is 0 Å². The van der Waals surface area contributed by atoms with Crippen LogP contribution in [-0.4, -0.2) is 27.6 Å². The number of carbonyl (C=O) groups excluding carboxylic acids is 1. The molecule has 32 heavy (non-hydrogen) atoms. The van der Waals surface area contributed by atoms with Crippen LogP contribution in [-0.2, 0) is 7.05 Å². The van der Waals surface area contributed by atoms with Crippen molar-refractivity contribution in [1.82, 2.24) is 19.9 Å². The normalized spacial score (nSPS) is 12.1. The first-order valence-electron chi connectivity index (χ1n) is 10.00. The summed E-state index contributed by atoms with van der Waals surface area (Å²) in [4.78, 5) is 24.0. The maximum atomic E-state index is 13.2. The van der Waals surface area contributed by atoms with Gasteiger partial charge in [0.1, 0.15) is 22.6 Å². The van der Waals surface area contributed by atoms with Crippen molar-refractivity contribution in [3.8, 4) is 15.6 Å². The van der Waals surface area contributed by atoms with Crippen LogP contribution in [0.4, 0.5) is 0 Å². The molecule has 0 bridgehead atoms. The van der Waals surface area contributed by atoms with E-state index in [-0.39, 0.29) is 5.91 Å². The van der Waals surface area contributed by atoms with E-state index in [1.54, 1.807) is 24.6 Å². The largest absolute Gasteiger partial charge is 0.497 e. The summed E-state index contributed by atoms with van der Waals surface area (Å²) in [5.74, 6) is 1.32. The minimum Gasteiger partial charge on any atom is -0.497 e. The molecule has 1 N–H and O–H groups in total. The molecule has 0 fully saturated rings. The average Bonchev–Trinajstić information content (AvgIpc) is 3.56. The van der Waals surface area contributed by atoms with Gasteiger partial charge in [-0.3, -0.25) is 4.79 Å². The molecule has 3 aromatic heterocycles. The van der Waals surface area contributed by atoms with Crippen LogP contribution in [0.25, 0.3) is 20.1 Å². The van der Waals surface area contributed by atoms with Crippen molar-refractivity contribution in [2.24, 2.45) is 7.05 Å². The second kappa shape index (κ2) is 8.57. The van der Waals surface area contributed by atoms with Crippen molar-refractivity contribution in [2.45, 2.75) is 6.04 Å². The third-order valence-electron chi connectivity index (χ3n) is 5.15. The predicted molar refractivity (Wildman–Crippen MR) is 128 cm³/mol. The van der Waals surface area contributed by atoms with Gasteiger partial charge in [-0.1, -0.05) is 24.3 Å². The van der Waals surface area contributed by atoms with Crippen molar-refractivity contribution in [3.05, 3.63) is 89.3 Å². The summed E-state index contributed by atoms with van der Waals surface area (Å²) >= 11 is 3.07. The Balaban J connectivity index is 1.44. The highest BCUT2D eigenvalue weighted by Crippen LogP contribution is 2.35. The summed E-state index contributed by atoms with van der Waals surface area (Å²) in [6.07, 6.45) is 3.59. The number of carbonyl (C=O) groups is 1. The molecule has 1 unspecified atom stereocenters. The third kappa shape index (κ3) is 3.90. The number of rotatable bonds is 6. The molecule has 160 valence electrons. The minimum absolute atomic E-state index is 0.154. The van der Waals surface area contributed by atoms with Gasteiger partial charge in [-0.25, -0.2) is 9.97 Å². The molecule has 0 aliphatic rings. The minimum atomic E-state index is -0.411. The number of amides is 1. The van der Waals surface area contributed by atoms with E-state index in [4.69, 9.17) is 9.72 Å². The number of methoxy groups -OCH3 is 1. The Morgan fingerprint density at radius 1 is 1.09 bits per heavy atom. The SMILES string of the molecule is COc1cccc(C(NC(=O)c2ccc(-c3nc4ccccc4s3)s2)c2nccn2C)c1. The fourth-order valence-electron chi connectivity index (χ4n) is 3.53. The molecule has 0 radical (unpaired) electrons. The molecular formula is C24H20N4O2S2. The zero-order valence-electron chi connectivity index (χ0n) is 17.5. The van der Waals surface area contributed by atoms with E-state index in [1.165, 1.54) is 11.3 Å². The first-order valence-corrected chi connectivity index (χ1v) is 11.6. The van der Waals surface area contributed by atoms with Gasteiger partial charge in [-0.05, 0) is 42.0 Å². The number of benzene rings is 2. The molecule has 1 atom stereocenters. The highest BCUT2D eigenvalue weighted by atomic mass is 32.1. The van der Waals surface area contributed by atoms with E-state index in [9.17, 15) is 4.79 Å². The Hall–Kier alpha value is -3.49. The van der Waals surface area contributed by atoms with Crippen LogP contribution >= 0.6 is 22.7 Å². The van der Waals surface area contributed by atoms with Gasteiger partial charge < -0.3 is 14.6 Å². The van der Waals surface area contributed by atoms with Gasteiger partial charge >= 0.3 is 0 Å². The quantitative estimate of drug-likeness (QED) is 0.374. The highest BCUT2D eigenvalue weighted by molar-refractivity contribution is 7.26. The number of fused-ring (bicyclic) bond motifs is 1. The molecule has 8 heteroatoms. The Kier molecular flexibility index (Phi) is 5.46. The fourth-order valence-corrected chi connectivity index (χ4v) is 5.46. The summed E-state index contributed by atoms with van der Waals surface area (Å²) in [7, 11) is 3.54. The second-order valence-electron chi connectivity index (χ2n) is 7.23. The van der Waals surface area contributed by atoms with E-state index in [1.807, 2.05) is 72.4 Å². The molecule has 6 nitrogen and oxygen atoms in total. The van der Waals surface area contributed by atoms with Gasteiger partial charge in [0, 0.05) is 19.4 Å². The van der Waals surface area contributed by atoms with Crippen molar-refractivity contribution in [3.63, 3.8) is 0 Å². The lowest BCUT2D eigenvalue weighted by atomic mass is 10.1. The molecule has 0 saturated carbocycles. The number of hydrogen-bond acceptors (Lipinski definition) is 6. The maximum Gasteiger partial charge on any atom is 0.262 e. The number of nitrogens with zero attached hydrogens (tertiary/aromatic N) is 3. The Bertz CT molecular complexity index is 1370. The summed E-state index contributed by atoms with van der Waals surface area (Å²) in [5, 5.41) is 4.07. The molecule has 5 rings (SSSR count). The number of thiophene rings is 1. The van der Waals surface area contributed by atoms with Crippen LogP contribution in [0.3, 0.4) is 0 Å². The monoisotopic (exact) mass is 460 g/mol. The molecule has 0 aliphatic heterocycles.